The highest BCUT2D eigenvalue weighted by Crippen LogP contribution is 2.33. The third-order valence-corrected chi connectivity index (χ3v) is 6.33. The van der Waals surface area contributed by atoms with E-state index in [0.717, 1.165) is 12.8 Å². The van der Waals surface area contributed by atoms with Crippen LogP contribution in [-0.2, 0) is 11.3 Å². The van der Waals surface area contributed by atoms with Crippen molar-refractivity contribution in [2.24, 2.45) is 0 Å². The fraction of sp³-hybridized carbons (Fsp3) is 0.421. The molecule has 0 bridgehead atoms. The monoisotopic (exact) mass is 432 g/mol. The zero-order valence-corrected chi connectivity index (χ0v) is 17.3. The van der Waals surface area contributed by atoms with E-state index < -0.39 is 0 Å². The van der Waals surface area contributed by atoms with Crippen molar-refractivity contribution in [3.8, 4) is 5.75 Å². The fourth-order valence-corrected chi connectivity index (χ4v) is 4.64. The lowest BCUT2D eigenvalue weighted by Gasteiger charge is -2.21. The predicted molar refractivity (Wildman–Crippen MR) is 111 cm³/mol. The number of rotatable bonds is 6. The number of fused-ring (bicyclic) bond motifs is 1. The molecule has 1 saturated carbocycles. The van der Waals surface area contributed by atoms with Crippen molar-refractivity contribution in [3.63, 3.8) is 0 Å². The Bertz CT molecular complexity index is 1020. The first-order valence-electron chi connectivity index (χ1n) is 9.56. The van der Waals surface area contributed by atoms with Gasteiger partial charge in [-0.15, -0.1) is 5.10 Å². The molecule has 0 spiro atoms. The topological polar surface area (TPSA) is 106 Å². The molecule has 1 aliphatic rings. The Balaban J connectivity index is 1.36. The fourth-order valence-electron chi connectivity index (χ4n) is 3.58. The number of phenols is 1. The van der Waals surface area contributed by atoms with Crippen molar-refractivity contribution in [1.29, 1.82) is 0 Å². The summed E-state index contributed by atoms with van der Waals surface area (Å²) in [6.45, 7) is 0.158. The van der Waals surface area contributed by atoms with Crippen LogP contribution >= 0.6 is 23.4 Å². The average Bonchev–Trinajstić information content (AvgIpc) is 3.23. The molecule has 2 heterocycles. The summed E-state index contributed by atoms with van der Waals surface area (Å²) >= 11 is 7.59. The average molecular weight is 433 g/mol. The van der Waals surface area contributed by atoms with E-state index in [1.165, 1.54) is 31.0 Å². The molecule has 4 rings (SSSR count). The molecule has 29 heavy (non-hydrogen) atoms. The Hall–Kier alpha value is -2.39. The third kappa shape index (κ3) is 4.45. The first kappa shape index (κ1) is 19.9. The van der Waals surface area contributed by atoms with Crippen molar-refractivity contribution in [3.05, 3.63) is 35.0 Å². The van der Waals surface area contributed by atoms with Crippen LogP contribution in [0.2, 0.25) is 5.02 Å². The molecule has 1 amide bonds. The number of halogens is 1. The van der Waals surface area contributed by atoms with Gasteiger partial charge in [0, 0.05) is 23.7 Å². The lowest BCUT2D eigenvalue weighted by atomic mass is 9.96. The molecule has 8 nitrogen and oxygen atoms in total. The van der Waals surface area contributed by atoms with Crippen LogP contribution < -0.4 is 5.32 Å². The number of aromatic hydroxyl groups is 1. The number of aromatic nitrogens is 5. The van der Waals surface area contributed by atoms with Crippen LogP contribution in [0, 0.1) is 0 Å². The molecule has 10 heteroatoms. The van der Waals surface area contributed by atoms with Crippen LogP contribution in [0.4, 0.5) is 0 Å². The van der Waals surface area contributed by atoms with E-state index in [-0.39, 0.29) is 24.0 Å². The number of carbonyl (C=O) groups is 1. The summed E-state index contributed by atoms with van der Waals surface area (Å²) in [5, 5.41) is 27.0. The summed E-state index contributed by atoms with van der Waals surface area (Å²) in [5.74, 6) is 0.0389. The van der Waals surface area contributed by atoms with Gasteiger partial charge in [-0.2, -0.15) is 0 Å². The normalized spacial score (nSPS) is 14.9. The lowest BCUT2D eigenvalue weighted by Crippen LogP contribution is -2.25. The van der Waals surface area contributed by atoms with Gasteiger partial charge in [0.05, 0.1) is 16.8 Å². The van der Waals surface area contributed by atoms with Crippen LogP contribution in [0.1, 0.15) is 43.7 Å². The molecular formula is C19H21ClN6O2S. The smallest absolute Gasteiger partial charge is 0.230 e. The molecule has 152 valence electrons. The van der Waals surface area contributed by atoms with E-state index >= 15 is 0 Å². The van der Waals surface area contributed by atoms with E-state index in [9.17, 15) is 9.90 Å². The first-order chi connectivity index (χ1) is 14.1. The van der Waals surface area contributed by atoms with E-state index in [1.54, 1.807) is 24.4 Å². The molecule has 0 saturated heterocycles. The second-order valence-corrected chi connectivity index (χ2v) is 8.38. The highest BCUT2D eigenvalue weighted by Gasteiger charge is 2.21. The zero-order valence-electron chi connectivity index (χ0n) is 15.7. The molecule has 3 aromatic rings. The van der Waals surface area contributed by atoms with E-state index in [2.05, 4.69) is 25.8 Å². The van der Waals surface area contributed by atoms with Gasteiger partial charge in [-0.1, -0.05) is 42.6 Å². The summed E-state index contributed by atoms with van der Waals surface area (Å²) < 4.78 is 1.84. The van der Waals surface area contributed by atoms with E-state index in [0.29, 0.717) is 32.7 Å². The Morgan fingerprint density at radius 3 is 3.00 bits per heavy atom. The maximum Gasteiger partial charge on any atom is 0.230 e. The predicted octanol–water partition coefficient (Wildman–Crippen LogP) is 3.49. The summed E-state index contributed by atoms with van der Waals surface area (Å²) in [4.78, 5) is 16.5. The van der Waals surface area contributed by atoms with E-state index in [4.69, 9.17) is 11.6 Å². The molecule has 0 radical (unpaired) electrons. The Morgan fingerprint density at radius 2 is 2.17 bits per heavy atom. The second-order valence-electron chi connectivity index (χ2n) is 7.03. The molecule has 1 aromatic carbocycles. The number of benzene rings is 1. The number of carbonyl (C=O) groups excluding carboxylic acids is 1. The highest BCUT2D eigenvalue weighted by atomic mass is 35.5. The van der Waals surface area contributed by atoms with Gasteiger partial charge >= 0.3 is 0 Å². The maximum absolute atomic E-state index is 12.3. The van der Waals surface area contributed by atoms with Crippen molar-refractivity contribution in [2.45, 2.75) is 49.8 Å². The number of nitrogens with zero attached hydrogens (tertiary/aromatic N) is 5. The quantitative estimate of drug-likeness (QED) is 0.574. The van der Waals surface area contributed by atoms with Gasteiger partial charge in [0.25, 0.3) is 0 Å². The van der Waals surface area contributed by atoms with Crippen molar-refractivity contribution < 1.29 is 9.90 Å². The number of hydrogen-bond acceptors (Lipinski definition) is 7. The minimum atomic E-state index is -0.176. The van der Waals surface area contributed by atoms with Crippen LogP contribution in [0.15, 0.2) is 29.6 Å². The van der Waals surface area contributed by atoms with Gasteiger partial charge in [-0.25, -0.2) is 4.68 Å². The molecule has 2 N–H and O–H groups in total. The molecule has 1 fully saturated rings. The summed E-state index contributed by atoms with van der Waals surface area (Å²) in [5.41, 5.74) is 0.942. The summed E-state index contributed by atoms with van der Waals surface area (Å²) in [6, 6.07) is 5.51. The summed E-state index contributed by atoms with van der Waals surface area (Å²) in [6.07, 6.45) is 7.35. The number of tetrazole rings is 1. The third-order valence-electron chi connectivity index (χ3n) is 5.09. The van der Waals surface area contributed by atoms with Gasteiger partial charge < -0.3 is 10.4 Å². The zero-order chi connectivity index (χ0) is 20.2. The number of phenolic OH excluding ortho intramolecular Hbond substituents is 1. The van der Waals surface area contributed by atoms with Crippen LogP contribution in [-0.4, -0.2) is 42.0 Å². The van der Waals surface area contributed by atoms with Crippen molar-refractivity contribution in [2.75, 3.05) is 5.75 Å². The Kier molecular flexibility index (Phi) is 6.15. The van der Waals surface area contributed by atoms with Crippen molar-refractivity contribution >= 4 is 40.2 Å². The maximum atomic E-state index is 12.3. The van der Waals surface area contributed by atoms with Crippen LogP contribution in [0.3, 0.4) is 0 Å². The number of nitrogens with one attached hydrogen (secondary N) is 1. The SMILES string of the molecule is O=C(CSc1nnnn1C1CCCCC1)NCc1cc(Cl)c2cccnc2c1O. The molecular weight excluding hydrogens is 412 g/mol. The van der Waals surface area contributed by atoms with Crippen LogP contribution in [0.25, 0.3) is 10.9 Å². The number of pyridine rings is 1. The molecule has 0 aliphatic heterocycles. The molecule has 1 aliphatic carbocycles. The van der Waals surface area contributed by atoms with Gasteiger partial charge in [0.2, 0.25) is 11.1 Å². The van der Waals surface area contributed by atoms with Gasteiger partial charge in [-0.05, 0) is 41.5 Å². The number of thioether (sulfide) groups is 1. The lowest BCUT2D eigenvalue weighted by molar-refractivity contribution is -0.118. The minimum Gasteiger partial charge on any atom is -0.505 e. The van der Waals surface area contributed by atoms with Crippen LogP contribution in [0.5, 0.6) is 5.75 Å². The van der Waals surface area contributed by atoms with Gasteiger partial charge in [0.1, 0.15) is 11.3 Å². The minimum absolute atomic E-state index is 0.0270. The second kappa shape index (κ2) is 8.96. The highest BCUT2D eigenvalue weighted by molar-refractivity contribution is 7.99. The van der Waals surface area contributed by atoms with Gasteiger partial charge in [-0.3, -0.25) is 9.78 Å². The first-order valence-corrected chi connectivity index (χ1v) is 10.9. The molecule has 0 atom stereocenters. The van der Waals surface area contributed by atoms with E-state index in [1.807, 2.05) is 4.68 Å². The van der Waals surface area contributed by atoms with Crippen molar-refractivity contribution in [1.82, 2.24) is 30.5 Å². The molecule has 2 aromatic heterocycles. The Labute approximate surface area is 177 Å². The number of hydrogen-bond donors (Lipinski definition) is 2. The standard InChI is InChI=1S/C19H21ClN6O2S/c20-15-9-12(18(28)17-14(15)7-4-8-21-17)10-22-16(27)11-29-19-23-24-25-26(19)13-5-2-1-3-6-13/h4,7-9,13,28H,1-3,5-6,10-11H2,(H,22,27). The number of amides is 1. The van der Waals surface area contributed by atoms with Gasteiger partial charge in [0.15, 0.2) is 0 Å². The summed E-state index contributed by atoms with van der Waals surface area (Å²) in [7, 11) is 0. The Morgan fingerprint density at radius 1 is 1.34 bits per heavy atom. The largest absolute Gasteiger partial charge is 0.505 e. The molecule has 0 unspecified atom stereocenters.